The fourth-order valence-corrected chi connectivity index (χ4v) is 2.87. The second kappa shape index (κ2) is 9.18. The number of carbonyl (C=O) groups excluding carboxylic acids is 1. The number of rotatable bonds is 8. The van der Waals surface area contributed by atoms with Crippen LogP contribution in [0.1, 0.15) is 65.2 Å². The van der Waals surface area contributed by atoms with E-state index in [2.05, 4.69) is 6.92 Å². The van der Waals surface area contributed by atoms with E-state index in [1.165, 1.54) is 38.5 Å². The highest BCUT2D eigenvalue weighted by atomic mass is 16.5. The summed E-state index contributed by atoms with van der Waals surface area (Å²) in [6, 6.07) is 0. The fourth-order valence-electron chi connectivity index (χ4n) is 2.87. The molecule has 0 spiro atoms. The summed E-state index contributed by atoms with van der Waals surface area (Å²) in [6.07, 6.45) is 13.0. The molecule has 0 saturated heterocycles. The summed E-state index contributed by atoms with van der Waals surface area (Å²) >= 11 is 0. The average Bonchev–Trinajstić information content (AvgIpc) is 2.41. The molecule has 0 bridgehead atoms. The van der Waals surface area contributed by atoms with E-state index in [-0.39, 0.29) is 0 Å². The van der Waals surface area contributed by atoms with Gasteiger partial charge in [-0.15, -0.1) is 0 Å². The van der Waals surface area contributed by atoms with Gasteiger partial charge in [-0.25, -0.2) is 0 Å². The third kappa shape index (κ3) is 5.24. The monoisotopic (exact) mass is 252 g/mol. The third-order valence-corrected chi connectivity index (χ3v) is 4.06. The van der Waals surface area contributed by atoms with Crippen LogP contribution in [0.15, 0.2) is 11.8 Å². The van der Waals surface area contributed by atoms with Crippen LogP contribution in [0.25, 0.3) is 0 Å². The zero-order valence-corrected chi connectivity index (χ0v) is 12.0. The zero-order valence-electron chi connectivity index (χ0n) is 12.0. The van der Waals surface area contributed by atoms with Crippen molar-refractivity contribution in [2.75, 3.05) is 6.61 Å². The van der Waals surface area contributed by atoms with Crippen LogP contribution in [0.3, 0.4) is 0 Å². The van der Waals surface area contributed by atoms with Crippen molar-refractivity contribution >= 4 is 6.29 Å². The molecule has 0 aromatic carbocycles. The molecule has 1 rings (SSSR count). The van der Waals surface area contributed by atoms with Gasteiger partial charge in [-0.3, -0.25) is 4.79 Å². The molecule has 0 aromatic rings. The molecule has 0 heterocycles. The van der Waals surface area contributed by atoms with Gasteiger partial charge in [-0.2, -0.15) is 0 Å². The summed E-state index contributed by atoms with van der Waals surface area (Å²) in [5.41, 5.74) is 0.865. The number of carbonyl (C=O) groups is 1. The molecule has 0 radical (unpaired) electrons. The lowest BCUT2D eigenvalue weighted by atomic mass is 9.77. The molecule has 0 aliphatic heterocycles. The molecule has 0 aromatic heterocycles. The Morgan fingerprint density at radius 3 is 2.44 bits per heavy atom. The number of hydrogen-bond donors (Lipinski definition) is 0. The van der Waals surface area contributed by atoms with E-state index in [4.69, 9.17) is 4.74 Å². The van der Waals surface area contributed by atoms with E-state index in [9.17, 15) is 4.79 Å². The van der Waals surface area contributed by atoms with Gasteiger partial charge in [0, 0.05) is 5.57 Å². The van der Waals surface area contributed by atoms with Gasteiger partial charge in [0.05, 0.1) is 12.9 Å². The summed E-state index contributed by atoms with van der Waals surface area (Å²) < 4.78 is 5.25. The van der Waals surface area contributed by atoms with Crippen LogP contribution in [0.4, 0.5) is 0 Å². The number of allylic oxidation sites excluding steroid dienone is 1. The van der Waals surface area contributed by atoms with Crippen molar-refractivity contribution < 1.29 is 9.53 Å². The molecular formula is C16H28O2. The van der Waals surface area contributed by atoms with Crippen molar-refractivity contribution in [3.8, 4) is 0 Å². The summed E-state index contributed by atoms with van der Waals surface area (Å²) in [5.74, 6) is 1.34. The minimum atomic E-state index is 0.441. The highest BCUT2D eigenvalue weighted by Crippen LogP contribution is 2.35. The van der Waals surface area contributed by atoms with Crippen LogP contribution in [0, 0.1) is 11.8 Å². The van der Waals surface area contributed by atoms with Crippen LogP contribution in [0.2, 0.25) is 0 Å². The van der Waals surface area contributed by atoms with Gasteiger partial charge in [0.2, 0.25) is 0 Å². The van der Waals surface area contributed by atoms with Crippen LogP contribution in [-0.4, -0.2) is 12.9 Å². The van der Waals surface area contributed by atoms with Crippen molar-refractivity contribution in [2.45, 2.75) is 65.2 Å². The third-order valence-electron chi connectivity index (χ3n) is 4.06. The summed E-state index contributed by atoms with van der Waals surface area (Å²) in [5, 5.41) is 0. The molecule has 18 heavy (non-hydrogen) atoms. The number of hydrogen-bond acceptors (Lipinski definition) is 2. The smallest absolute Gasteiger partial charge is 0.149 e. The standard InChI is InChI=1S/C16H28O2/c1-3-5-6-7-14-8-10-15(11-9-14)16(12-17)13-18-4-2/h12-15H,3-11H2,1-2H3/b16-13-. The molecule has 0 atom stereocenters. The van der Waals surface area contributed by atoms with Gasteiger partial charge in [-0.1, -0.05) is 32.6 Å². The first-order valence-corrected chi connectivity index (χ1v) is 7.58. The van der Waals surface area contributed by atoms with Crippen LogP contribution < -0.4 is 0 Å². The van der Waals surface area contributed by atoms with E-state index in [0.29, 0.717) is 12.5 Å². The minimum Gasteiger partial charge on any atom is -0.501 e. The van der Waals surface area contributed by atoms with Gasteiger partial charge in [0.25, 0.3) is 0 Å². The average molecular weight is 252 g/mol. The fraction of sp³-hybridized carbons (Fsp3) is 0.812. The summed E-state index contributed by atoms with van der Waals surface area (Å²) in [6.45, 7) is 4.85. The largest absolute Gasteiger partial charge is 0.501 e. The van der Waals surface area contributed by atoms with Gasteiger partial charge in [0.15, 0.2) is 0 Å². The Morgan fingerprint density at radius 2 is 1.89 bits per heavy atom. The van der Waals surface area contributed by atoms with Crippen molar-refractivity contribution in [3.05, 3.63) is 11.8 Å². The first-order valence-electron chi connectivity index (χ1n) is 7.58. The minimum absolute atomic E-state index is 0.441. The van der Waals surface area contributed by atoms with Crippen molar-refractivity contribution in [2.24, 2.45) is 11.8 Å². The molecule has 1 fully saturated rings. The van der Waals surface area contributed by atoms with Crippen molar-refractivity contribution in [3.63, 3.8) is 0 Å². The zero-order chi connectivity index (χ0) is 13.2. The van der Waals surface area contributed by atoms with E-state index < -0.39 is 0 Å². The lowest BCUT2D eigenvalue weighted by Gasteiger charge is -2.28. The Labute approximate surface area is 112 Å². The maximum Gasteiger partial charge on any atom is 0.149 e. The molecule has 1 aliphatic carbocycles. The molecule has 104 valence electrons. The molecule has 1 aliphatic rings. The lowest BCUT2D eigenvalue weighted by Crippen LogP contribution is -2.17. The second-order valence-corrected chi connectivity index (χ2v) is 5.40. The molecule has 0 N–H and O–H groups in total. The van der Waals surface area contributed by atoms with Crippen LogP contribution >= 0.6 is 0 Å². The van der Waals surface area contributed by atoms with E-state index in [1.54, 1.807) is 6.26 Å². The predicted molar refractivity (Wildman–Crippen MR) is 75.4 cm³/mol. The number of aldehydes is 1. The normalized spacial score (nSPS) is 24.9. The molecule has 0 amide bonds. The predicted octanol–water partition coefficient (Wildman–Crippen LogP) is 4.49. The highest BCUT2D eigenvalue weighted by Gasteiger charge is 2.23. The highest BCUT2D eigenvalue weighted by molar-refractivity contribution is 5.73. The Hall–Kier alpha value is -0.790. The van der Waals surface area contributed by atoms with Gasteiger partial charge in [0.1, 0.15) is 6.29 Å². The van der Waals surface area contributed by atoms with Crippen molar-refractivity contribution in [1.29, 1.82) is 0 Å². The Bertz CT molecular complexity index is 250. The van der Waals surface area contributed by atoms with Gasteiger partial charge >= 0.3 is 0 Å². The maximum atomic E-state index is 11.1. The number of unbranched alkanes of at least 4 members (excludes halogenated alkanes) is 2. The van der Waals surface area contributed by atoms with Crippen LogP contribution in [-0.2, 0) is 9.53 Å². The van der Waals surface area contributed by atoms with Crippen LogP contribution in [0.5, 0.6) is 0 Å². The molecule has 0 unspecified atom stereocenters. The van der Waals surface area contributed by atoms with E-state index >= 15 is 0 Å². The molecule has 2 heteroatoms. The molecular weight excluding hydrogens is 224 g/mol. The number of ether oxygens (including phenoxy) is 1. The Morgan fingerprint density at radius 1 is 1.17 bits per heavy atom. The van der Waals surface area contributed by atoms with Gasteiger partial charge < -0.3 is 4.74 Å². The Balaban J connectivity index is 2.31. The van der Waals surface area contributed by atoms with Crippen molar-refractivity contribution in [1.82, 2.24) is 0 Å². The van der Waals surface area contributed by atoms with E-state index in [1.807, 2.05) is 6.92 Å². The molecule has 1 saturated carbocycles. The quantitative estimate of drug-likeness (QED) is 0.275. The topological polar surface area (TPSA) is 26.3 Å². The van der Waals surface area contributed by atoms with Gasteiger partial charge in [-0.05, 0) is 44.4 Å². The SMILES string of the molecule is CCCCCC1CCC(/C(C=O)=C\OCC)CC1. The lowest BCUT2D eigenvalue weighted by molar-refractivity contribution is -0.105. The first-order chi connectivity index (χ1) is 8.81. The molecule has 2 nitrogen and oxygen atoms in total. The summed E-state index contributed by atoms with van der Waals surface area (Å²) in [4.78, 5) is 11.1. The summed E-state index contributed by atoms with van der Waals surface area (Å²) in [7, 11) is 0. The second-order valence-electron chi connectivity index (χ2n) is 5.40. The first kappa shape index (κ1) is 15.3. The Kier molecular flexibility index (Phi) is 7.79. The van der Waals surface area contributed by atoms with E-state index in [0.717, 1.165) is 30.6 Å². The maximum absolute atomic E-state index is 11.1.